The molecule has 2 amide bonds. The van der Waals surface area contributed by atoms with Gasteiger partial charge in [-0.1, -0.05) is 36.4 Å². The van der Waals surface area contributed by atoms with E-state index in [0.29, 0.717) is 11.7 Å². The van der Waals surface area contributed by atoms with Gasteiger partial charge in [0.25, 0.3) is 5.91 Å². The van der Waals surface area contributed by atoms with Crippen LogP contribution in [0.25, 0.3) is 11.3 Å². The predicted molar refractivity (Wildman–Crippen MR) is 122 cm³/mol. The zero-order valence-electron chi connectivity index (χ0n) is 17.4. The summed E-state index contributed by atoms with van der Waals surface area (Å²) in [7, 11) is 0. The zero-order chi connectivity index (χ0) is 22.9. The molecule has 3 aromatic rings. The molecule has 0 aliphatic carbocycles. The first-order valence-corrected chi connectivity index (χ1v) is 10.8. The molecule has 0 saturated heterocycles. The summed E-state index contributed by atoms with van der Waals surface area (Å²) < 4.78 is 5.29. The molecule has 1 aromatic heterocycles. The van der Waals surface area contributed by atoms with Crippen LogP contribution in [-0.4, -0.2) is 34.9 Å². The van der Waals surface area contributed by atoms with Crippen LogP contribution < -0.4 is 15.4 Å². The first-order chi connectivity index (χ1) is 15.4. The number of para-hydroxylation sites is 2. The molecule has 0 bridgehead atoms. The van der Waals surface area contributed by atoms with Gasteiger partial charge in [0.1, 0.15) is 0 Å². The monoisotopic (exact) mass is 454 g/mol. The number of rotatable bonds is 10. The number of ether oxygens (including phenoxy) is 1. The Bertz CT molecular complexity index is 1100. The topological polar surface area (TPSA) is 123 Å². The lowest BCUT2D eigenvalue weighted by Crippen LogP contribution is -2.21. The number of nitro groups is 1. The van der Waals surface area contributed by atoms with Crippen LogP contribution in [0.2, 0.25) is 0 Å². The van der Waals surface area contributed by atoms with Crippen molar-refractivity contribution in [2.75, 3.05) is 18.5 Å². The second kappa shape index (κ2) is 11.0. The second-order valence-electron chi connectivity index (χ2n) is 6.88. The van der Waals surface area contributed by atoms with E-state index in [9.17, 15) is 19.7 Å². The summed E-state index contributed by atoms with van der Waals surface area (Å²) in [6.07, 6.45) is 1.72. The van der Waals surface area contributed by atoms with Gasteiger partial charge in [0.2, 0.25) is 5.91 Å². The van der Waals surface area contributed by atoms with E-state index >= 15 is 0 Å². The van der Waals surface area contributed by atoms with Crippen LogP contribution in [0.4, 0.5) is 10.8 Å². The van der Waals surface area contributed by atoms with Crippen LogP contribution in [-0.2, 0) is 16.0 Å². The number of nitrogens with zero attached hydrogens (tertiary/aromatic N) is 2. The van der Waals surface area contributed by atoms with Crippen molar-refractivity contribution in [3.63, 3.8) is 0 Å². The number of aromatic nitrogens is 1. The van der Waals surface area contributed by atoms with Crippen molar-refractivity contribution in [2.45, 2.75) is 19.8 Å². The van der Waals surface area contributed by atoms with Crippen LogP contribution in [0.3, 0.4) is 0 Å². The number of nitro benzene ring substituents is 1. The number of carbonyl (C=O) groups excluding carboxylic acids is 2. The number of hydrogen-bond acceptors (Lipinski definition) is 7. The van der Waals surface area contributed by atoms with Crippen molar-refractivity contribution in [1.29, 1.82) is 0 Å². The Morgan fingerprint density at radius 2 is 1.91 bits per heavy atom. The fourth-order valence-corrected chi connectivity index (χ4v) is 3.63. The molecule has 10 heteroatoms. The number of amides is 2. The first kappa shape index (κ1) is 22.9. The quantitative estimate of drug-likeness (QED) is 0.273. The largest absolute Gasteiger partial charge is 0.477 e. The van der Waals surface area contributed by atoms with E-state index < -0.39 is 10.8 Å². The molecular formula is C22H22N4O5S. The fraction of sp³-hybridized carbons (Fsp3) is 0.227. The number of thiazole rings is 1. The number of aryl methyl sites for hydroxylation is 1. The highest BCUT2D eigenvalue weighted by atomic mass is 32.1. The van der Waals surface area contributed by atoms with Crippen LogP contribution >= 0.6 is 11.3 Å². The van der Waals surface area contributed by atoms with Gasteiger partial charge in [-0.3, -0.25) is 25.0 Å². The molecule has 0 fully saturated rings. The van der Waals surface area contributed by atoms with Gasteiger partial charge in [0.15, 0.2) is 17.5 Å². The minimum Gasteiger partial charge on any atom is -0.477 e. The maximum absolute atomic E-state index is 12.2. The maximum atomic E-state index is 12.2. The molecule has 9 nitrogen and oxygen atoms in total. The summed E-state index contributed by atoms with van der Waals surface area (Å²) in [6.45, 7) is 1.78. The average molecular weight is 455 g/mol. The predicted octanol–water partition coefficient (Wildman–Crippen LogP) is 3.80. The Morgan fingerprint density at radius 1 is 1.16 bits per heavy atom. The van der Waals surface area contributed by atoms with Crippen molar-refractivity contribution in [1.82, 2.24) is 10.3 Å². The lowest BCUT2D eigenvalue weighted by Gasteiger charge is -2.06. The van der Waals surface area contributed by atoms with Crippen LogP contribution in [0.5, 0.6) is 5.75 Å². The van der Waals surface area contributed by atoms with Crippen molar-refractivity contribution in [2.24, 2.45) is 0 Å². The minimum absolute atomic E-state index is 0.0280. The van der Waals surface area contributed by atoms with E-state index in [-0.39, 0.29) is 24.0 Å². The van der Waals surface area contributed by atoms with Gasteiger partial charge < -0.3 is 10.1 Å². The summed E-state index contributed by atoms with van der Waals surface area (Å²) in [4.78, 5) is 37.9. The Balaban J connectivity index is 1.51. The van der Waals surface area contributed by atoms with Crippen LogP contribution in [0, 0.1) is 10.1 Å². The molecule has 0 saturated carbocycles. The number of anilines is 1. The molecule has 2 N–H and O–H groups in total. The first-order valence-electron chi connectivity index (χ1n) is 9.87. The molecule has 166 valence electrons. The van der Waals surface area contributed by atoms with Gasteiger partial charge in [-0.05, 0) is 24.5 Å². The summed E-state index contributed by atoms with van der Waals surface area (Å²) in [5, 5.41) is 18.7. The Morgan fingerprint density at radius 3 is 2.62 bits per heavy atom. The molecule has 1 heterocycles. The van der Waals surface area contributed by atoms with Crippen molar-refractivity contribution in [3.8, 4) is 17.0 Å². The van der Waals surface area contributed by atoms with Crippen LogP contribution in [0.1, 0.15) is 18.9 Å². The fourth-order valence-electron chi connectivity index (χ4n) is 2.89. The zero-order valence-corrected chi connectivity index (χ0v) is 18.2. The molecule has 0 radical (unpaired) electrons. The van der Waals surface area contributed by atoms with E-state index in [1.54, 1.807) is 6.07 Å². The minimum atomic E-state index is -0.561. The molecular weight excluding hydrogens is 432 g/mol. The van der Waals surface area contributed by atoms with Crippen molar-refractivity contribution < 1.29 is 19.2 Å². The van der Waals surface area contributed by atoms with Gasteiger partial charge in [-0.15, -0.1) is 11.3 Å². The smallest absolute Gasteiger partial charge is 0.310 e. The van der Waals surface area contributed by atoms with E-state index in [1.165, 1.54) is 36.5 Å². The second-order valence-corrected chi connectivity index (χ2v) is 7.74. The number of carbonyl (C=O) groups is 2. The molecule has 0 atom stereocenters. The summed E-state index contributed by atoms with van der Waals surface area (Å²) >= 11 is 1.28. The Labute approximate surface area is 188 Å². The SMILES string of the molecule is CC(=O)NCCCc1ccc(-c2csc(NC(=O)COc3ccccc3[N+](=O)[O-])n2)cc1. The van der Waals surface area contributed by atoms with E-state index in [4.69, 9.17) is 4.74 Å². The van der Waals surface area contributed by atoms with E-state index in [0.717, 1.165) is 29.7 Å². The maximum Gasteiger partial charge on any atom is 0.310 e. The normalized spacial score (nSPS) is 10.4. The molecule has 0 unspecified atom stereocenters. The summed E-state index contributed by atoms with van der Waals surface area (Å²) in [5.41, 5.74) is 2.61. The van der Waals surface area contributed by atoms with Gasteiger partial charge >= 0.3 is 5.69 Å². The molecule has 2 aromatic carbocycles. The highest BCUT2D eigenvalue weighted by molar-refractivity contribution is 7.14. The number of nitrogens with one attached hydrogen (secondary N) is 2. The van der Waals surface area contributed by atoms with Crippen LogP contribution in [0.15, 0.2) is 53.9 Å². The van der Waals surface area contributed by atoms with E-state index in [1.807, 2.05) is 29.6 Å². The third-order valence-electron chi connectivity index (χ3n) is 4.44. The molecule has 0 aliphatic rings. The standard InChI is InChI=1S/C22H22N4O5S/c1-15(27)23-12-4-5-16-8-10-17(11-9-16)18-14-32-22(24-18)25-21(28)13-31-20-7-3-2-6-19(20)26(29)30/h2-3,6-11,14H,4-5,12-13H2,1H3,(H,23,27)(H,24,25,28). The van der Waals surface area contributed by atoms with Gasteiger partial charge in [-0.2, -0.15) is 0 Å². The number of hydrogen-bond donors (Lipinski definition) is 2. The van der Waals surface area contributed by atoms with Gasteiger partial charge in [0.05, 0.1) is 10.6 Å². The third kappa shape index (κ3) is 6.61. The highest BCUT2D eigenvalue weighted by Gasteiger charge is 2.15. The molecule has 3 rings (SSSR count). The van der Waals surface area contributed by atoms with Gasteiger partial charge in [0, 0.05) is 30.5 Å². The molecule has 0 aliphatic heterocycles. The number of benzene rings is 2. The lowest BCUT2D eigenvalue weighted by molar-refractivity contribution is -0.385. The molecule has 0 spiro atoms. The highest BCUT2D eigenvalue weighted by Crippen LogP contribution is 2.27. The average Bonchev–Trinajstić information content (AvgIpc) is 3.24. The van der Waals surface area contributed by atoms with E-state index in [2.05, 4.69) is 15.6 Å². The summed E-state index contributed by atoms with van der Waals surface area (Å²) in [5.74, 6) is -0.456. The van der Waals surface area contributed by atoms with Crippen molar-refractivity contribution in [3.05, 3.63) is 69.6 Å². The Kier molecular flexibility index (Phi) is 7.87. The lowest BCUT2D eigenvalue weighted by atomic mass is 10.1. The Hall–Kier alpha value is -3.79. The third-order valence-corrected chi connectivity index (χ3v) is 5.19. The molecule has 32 heavy (non-hydrogen) atoms. The van der Waals surface area contributed by atoms with Gasteiger partial charge in [-0.25, -0.2) is 4.98 Å². The van der Waals surface area contributed by atoms with Crippen molar-refractivity contribution >= 4 is 34.0 Å². The summed E-state index contributed by atoms with van der Waals surface area (Å²) in [6, 6.07) is 13.8.